The molecule has 0 fully saturated rings. The Morgan fingerprint density at radius 2 is 2.33 bits per heavy atom. The number of hydrogen-bond acceptors (Lipinski definition) is 3. The molecule has 0 spiro atoms. The van der Waals surface area contributed by atoms with E-state index in [1.165, 1.54) is 6.33 Å². The number of H-pyrrole nitrogens is 1. The zero-order valence-corrected chi connectivity index (χ0v) is 4.51. The van der Waals surface area contributed by atoms with Crippen molar-refractivity contribution in [1.29, 1.82) is 0 Å². The van der Waals surface area contributed by atoms with Crippen LogP contribution in [-0.2, 0) is 19.5 Å². The van der Waals surface area contributed by atoms with Crippen LogP contribution in [0.15, 0.2) is 6.33 Å². The van der Waals surface area contributed by atoms with E-state index in [-0.39, 0.29) is 19.5 Å². The Hall–Kier alpha value is -0.307. The summed E-state index contributed by atoms with van der Waals surface area (Å²) in [6.45, 7) is 0. The summed E-state index contributed by atoms with van der Waals surface area (Å²) in [6.07, 6.45) is 1.33. The van der Waals surface area contributed by atoms with Crippen molar-refractivity contribution >= 4 is 0 Å². The van der Waals surface area contributed by atoms with E-state index in [4.69, 9.17) is 0 Å². The van der Waals surface area contributed by atoms with Crippen LogP contribution in [0.1, 0.15) is 0 Å². The molecule has 0 aliphatic rings. The summed E-state index contributed by atoms with van der Waals surface area (Å²) < 4.78 is 0. The number of hydrogen-bond donors (Lipinski definition) is 1. The molecule has 0 aromatic carbocycles. The van der Waals surface area contributed by atoms with Gasteiger partial charge in [0.25, 0.3) is 0 Å². The van der Waals surface area contributed by atoms with E-state index in [9.17, 15) is 0 Å². The van der Waals surface area contributed by atoms with Gasteiger partial charge in [0, 0.05) is 0 Å². The fourth-order valence-corrected chi connectivity index (χ4v) is 0.129. The molecule has 31 valence electrons. The van der Waals surface area contributed by atoms with Crippen molar-refractivity contribution in [3.05, 3.63) is 6.33 Å². The number of aromatic nitrogens is 4. The van der Waals surface area contributed by atoms with Gasteiger partial charge in [-0.2, -0.15) is 5.21 Å². The Kier molecular flexibility index (Phi) is 2.76. The van der Waals surface area contributed by atoms with Gasteiger partial charge in [-0.05, 0) is 0 Å². The normalized spacial score (nSPS) is 6.67. The Balaban J connectivity index is 0.000000250. The van der Waals surface area contributed by atoms with Crippen LogP contribution >= 0.6 is 0 Å². The van der Waals surface area contributed by atoms with Gasteiger partial charge in [-0.15, -0.1) is 10.2 Å². The first-order valence-electron chi connectivity index (χ1n) is 1.16. The zero-order valence-electron chi connectivity index (χ0n) is 2.77. The smallest absolute Gasteiger partial charge is 0.177 e. The van der Waals surface area contributed by atoms with Crippen LogP contribution in [0.25, 0.3) is 0 Å². The first-order valence-corrected chi connectivity index (χ1v) is 1.16. The maximum absolute atomic E-state index is 3.38. The molecule has 5 heteroatoms. The molecular formula is CH2N4Ru+3. The first-order chi connectivity index (χ1) is 2.50. The number of rotatable bonds is 0. The van der Waals surface area contributed by atoms with E-state index in [1.54, 1.807) is 0 Å². The van der Waals surface area contributed by atoms with Gasteiger partial charge >= 0.3 is 19.5 Å². The quantitative estimate of drug-likeness (QED) is 0.520. The predicted molar refractivity (Wildman–Crippen MR) is 14.2 cm³/mol. The molecule has 0 saturated heterocycles. The minimum Gasteiger partial charge on any atom is -0.177 e. The average Bonchev–Trinajstić information content (AvgIpc) is 1.76. The van der Waals surface area contributed by atoms with Gasteiger partial charge in [0.05, 0.1) is 0 Å². The fraction of sp³-hybridized carbons (Fsp3) is 0. The largest absolute Gasteiger partial charge is 3.00 e. The van der Waals surface area contributed by atoms with E-state index in [1.807, 2.05) is 0 Å². The molecule has 0 bridgehead atoms. The molecule has 0 amide bonds. The van der Waals surface area contributed by atoms with E-state index < -0.39 is 0 Å². The standard InChI is InChI=1S/CH2N4.Ru/c1-2-4-5-3-1;/h1H,(H,2,3,4,5);/q;+3. The van der Waals surface area contributed by atoms with E-state index >= 15 is 0 Å². The summed E-state index contributed by atoms with van der Waals surface area (Å²) in [4.78, 5) is 0. The Morgan fingerprint density at radius 1 is 1.50 bits per heavy atom. The molecule has 0 aliphatic carbocycles. The van der Waals surface area contributed by atoms with Crippen LogP contribution < -0.4 is 0 Å². The topological polar surface area (TPSA) is 54.5 Å². The molecule has 1 aromatic rings. The molecule has 1 rings (SSSR count). The van der Waals surface area contributed by atoms with Crippen molar-refractivity contribution in [2.24, 2.45) is 0 Å². The molecule has 1 aromatic heterocycles. The maximum Gasteiger partial charge on any atom is 3.00 e. The van der Waals surface area contributed by atoms with Crippen LogP contribution in [0, 0.1) is 0 Å². The van der Waals surface area contributed by atoms with Crippen LogP contribution in [0.5, 0.6) is 0 Å². The van der Waals surface area contributed by atoms with Crippen LogP contribution in [0.4, 0.5) is 0 Å². The monoisotopic (exact) mass is 172 g/mol. The maximum atomic E-state index is 3.38. The van der Waals surface area contributed by atoms with E-state index in [2.05, 4.69) is 20.6 Å². The molecular weight excluding hydrogens is 169 g/mol. The molecule has 0 atom stereocenters. The average molecular weight is 171 g/mol. The number of nitrogens with one attached hydrogen (secondary N) is 1. The molecule has 4 nitrogen and oxygen atoms in total. The van der Waals surface area contributed by atoms with Crippen molar-refractivity contribution in [2.45, 2.75) is 0 Å². The zero-order chi connectivity index (χ0) is 3.54. The molecule has 6 heavy (non-hydrogen) atoms. The summed E-state index contributed by atoms with van der Waals surface area (Å²) in [7, 11) is 0. The van der Waals surface area contributed by atoms with Crippen molar-refractivity contribution in [2.75, 3.05) is 0 Å². The molecule has 0 saturated carbocycles. The van der Waals surface area contributed by atoms with E-state index in [0.717, 1.165) is 0 Å². The molecule has 1 N–H and O–H groups in total. The third kappa shape index (κ3) is 1.22. The number of aromatic amines is 1. The van der Waals surface area contributed by atoms with Crippen molar-refractivity contribution in [3.8, 4) is 0 Å². The van der Waals surface area contributed by atoms with Crippen LogP contribution in [0.2, 0.25) is 0 Å². The van der Waals surface area contributed by atoms with Crippen LogP contribution in [-0.4, -0.2) is 20.6 Å². The minimum atomic E-state index is 0. The van der Waals surface area contributed by atoms with Crippen LogP contribution in [0.3, 0.4) is 0 Å². The van der Waals surface area contributed by atoms with Gasteiger partial charge in [-0.3, -0.25) is 0 Å². The van der Waals surface area contributed by atoms with Gasteiger partial charge in [-0.25, -0.2) is 0 Å². The second-order valence-corrected chi connectivity index (χ2v) is 0.560. The second-order valence-electron chi connectivity index (χ2n) is 0.560. The molecule has 1 radical (unpaired) electrons. The van der Waals surface area contributed by atoms with Gasteiger partial charge in [0.1, 0.15) is 0 Å². The number of nitrogens with zero attached hydrogens (tertiary/aromatic N) is 3. The summed E-state index contributed by atoms with van der Waals surface area (Å²) in [5.74, 6) is 0. The Bertz CT molecular complexity index is 64.0. The third-order valence-corrected chi connectivity index (χ3v) is 0.270. The summed E-state index contributed by atoms with van der Waals surface area (Å²) >= 11 is 0. The van der Waals surface area contributed by atoms with Gasteiger partial charge in [0.15, 0.2) is 6.33 Å². The molecule has 0 unspecified atom stereocenters. The predicted octanol–water partition coefficient (Wildman–Crippen LogP) is -0.803. The van der Waals surface area contributed by atoms with Crippen molar-refractivity contribution in [3.63, 3.8) is 0 Å². The fourth-order valence-electron chi connectivity index (χ4n) is 0.129. The molecule has 0 aliphatic heterocycles. The SMILES string of the molecule is [Ru+3].c1nn[nH]n1. The third-order valence-electron chi connectivity index (χ3n) is 0.270. The summed E-state index contributed by atoms with van der Waals surface area (Å²) in [5.41, 5.74) is 0. The van der Waals surface area contributed by atoms with Crippen molar-refractivity contribution < 1.29 is 19.5 Å². The number of tetrazole rings is 1. The van der Waals surface area contributed by atoms with Gasteiger partial charge in [0.2, 0.25) is 0 Å². The molecule has 1 heterocycles. The minimum absolute atomic E-state index is 0. The van der Waals surface area contributed by atoms with Crippen molar-refractivity contribution in [1.82, 2.24) is 20.6 Å². The Labute approximate surface area is 47.1 Å². The summed E-state index contributed by atoms with van der Waals surface area (Å²) in [5, 5.41) is 12.2. The first kappa shape index (κ1) is 5.69. The second kappa shape index (κ2) is 2.91. The summed E-state index contributed by atoms with van der Waals surface area (Å²) in [6, 6.07) is 0. The van der Waals surface area contributed by atoms with E-state index in [0.29, 0.717) is 0 Å². The van der Waals surface area contributed by atoms with Gasteiger partial charge in [-0.1, -0.05) is 5.21 Å². The Morgan fingerprint density at radius 3 is 2.50 bits per heavy atom. The van der Waals surface area contributed by atoms with Gasteiger partial charge < -0.3 is 0 Å².